The number of nitrogen functional groups attached to an aromatic ring is 1. The lowest BCUT2D eigenvalue weighted by atomic mass is 10.3. The SMILES string of the molecule is CCN(Cc1cccc(NN)n1)Cc1cccs1. The topological polar surface area (TPSA) is 54.2 Å². The first-order valence-corrected chi connectivity index (χ1v) is 6.87. The number of nitrogens with one attached hydrogen (secondary N) is 1. The molecular weight excluding hydrogens is 244 g/mol. The van der Waals surface area contributed by atoms with E-state index in [1.807, 2.05) is 18.2 Å². The Balaban J connectivity index is 2.00. The highest BCUT2D eigenvalue weighted by molar-refractivity contribution is 7.09. The van der Waals surface area contributed by atoms with Gasteiger partial charge >= 0.3 is 0 Å². The quantitative estimate of drug-likeness (QED) is 0.620. The lowest BCUT2D eigenvalue weighted by Crippen LogP contribution is -2.22. The molecule has 0 fully saturated rings. The van der Waals surface area contributed by atoms with Gasteiger partial charge in [0.2, 0.25) is 0 Å². The van der Waals surface area contributed by atoms with Gasteiger partial charge < -0.3 is 5.43 Å². The van der Waals surface area contributed by atoms with Crippen molar-refractivity contribution in [2.24, 2.45) is 5.84 Å². The van der Waals surface area contributed by atoms with E-state index in [1.165, 1.54) is 4.88 Å². The van der Waals surface area contributed by atoms with Crippen molar-refractivity contribution in [3.8, 4) is 0 Å². The summed E-state index contributed by atoms with van der Waals surface area (Å²) in [6.07, 6.45) is 0. The summed E-state index contributed by atoms with van der Waals surface area (Å²) in [4.78, 5) is 8.17. The van der Waals surface area contributed by atoms with Crippen molar-refractivity contribution >= 4 is 17.2 Å². The van der Waals surface area contributed by atoms with Gasteiger partial charge in [-0.1, -0.05) is 19.1 Å². The van der Waals surface area contributed by atoms with E-state index in [9.17, 15) is 0 Å². The summed E-state index contributed by atoms with van der Waals surface area (Å²) >= 11 is 1.79. The van der Waals surface area contributed by atoms with Crippen LogP contribution in [-0.2, 0) is 13.1 Å². The largest absolute Gasteiger partial charge is 0.308 e. The van der Waals surface area contributed by atoms with Crippen LogP contribution in [0.25, 0.3) is 0 Å². The highest BCUT2D eigenvalue weighted by Crippen LogP contribution is 2.14. The van der Waals surface area contributed by atoms with Crippen LogP contribution in [0.5, 0.6) is 0 Å². The zero-order valence-electron chi connectivity index (χ0n) is 10.5. The molecule has 0 saturated carbocycles. The van der Waals surface area contributed by atoms with Gasteiger partial charge in [-0.2, -0.15) is 0 Å². The highest BCUT2D eigenvalue weighted by atomic mass is 32.1. The van der Waals surface area contributed by atoms with Crippen molar-refractivity contribution < 1.29 is 0 Å². The van der Waals surface area contributed by atoms with Crippen molar-refractivity contribution in [3.63, 3.8) is 0 Å². The fraction of sp³-hybridized carbons (Fsp3) is 0.308. The lowest BCUT2D eigenvalue weighted by Gasteiger charge is -2.19. The van der Waals surface area contributed by atoms with Gasteiger partial charge in [0.15, 0.2) is 0 Å². The number of anilines is 1. The molecule has 0 amide bonds. The van der Waals surface area contributed by atoms with E-state index in [2.05, 4.69) is 39.7 Å². The molecule has 2 aromatic rings. The third-order valence-electron chi connectivity index (χ3n) is 2.75. The Kier molecular flexibility index (Phi) is 4.69. The Morgan fingerprint density at radius 3 is 2.83 bits per heavy atom. The average molecular weight is 262 g/mol. The summed E-state index contributed by atoms with van der Waals surface area (Å²) in [6, 6.07) is 10.1. The summed E-state index contributed by atoms with van der Waals surface area (Å²) in [7, 11) is 0. The summed E-state index contributed by atoms with van der Waals surface area (Å²) in [5.41, 5.74) is 3.61. The predicted molar refractivity (Wildman–Crippen MR) is 76.2 cm³/mol. The molecule has 18 heavy (non-hydrogen) atoms. The van der Waals surface area contributed by atoms with E-state index in [0.29, 0.717) is 5.82 Å². The molecule has 0 radical (unpaired) electrons. The van der Waals surface area contributed by atoms with Crippen LogP contribution in [0.3, 0.4) is 0 Å². The standard InChI is InChI=1S/C13H18N4S/c1-2-17(10-12-6-4-8-18-12)9-11-5-3-7-13(15-11)16-14/h3-8H,2,9-10,14H2,1H3,(H,15,16). The average Bonchev–Trinajstić information content (AvgIpc) is 2.91. The first-order valence-electron chi connectivity index (χ1n) is 5.99. The van der Waals surface area contributed by atoms with Gasteiger partial charge in [0.1, 0.15) is 5.82 Å². The zero-order valence-corrected chi connectivity index (χ0v) is 11.3. The Labute approximate surface area is 111 Å². The molecule has 0 spiro atoms. The highest BCUT2D eigenvalue weighted by Gasteiger charge is 2.07. The van der Waals surface area contributed by atoms with E-state index in [4.69, 9.17) is 5.84 Å². The molecule has 0 aliphatic heterocycles. The van der Waals surface area contributed by atoms with Crippen molar-refractivity contribution in [1.29, 1.82) is 0 Å². The van der Waals surface area contributed by atoms with Gasteiger partial charge in [0, 0.05) is 18.0 Å². The van der Waals surface area contributed by atoms with E-state index in [0.717, 1.165) is 25.3 Å². The van der Waals surface area contributed by atoms with Gasteiger partial charge in [-0.15, -0.1) is 11.3 Å². The molecule has 0 aromatic carbocycles. The molecule has 96 valence electrons. The summed E-state index contributed by atoms with van der Waals surface area (Å²) in [6.45, 7) is 4.97. The van der Waals surface area contributed by atoms with Gasteiger partial charge in [-0.25, -0.2) is 10.8 Å². The normalized spacial score (nSPS) is 10.8. The summed E-state index contributed by atoms with van der Waals surface area (Å²) in [5, 5.41) is 2.11. The van der Waals surface area contributed by atoms with Crippen LogP contribution in [0.4, 0.5) is 5.82 Å². The van der Waals surface area contributed by atoms with Crippen LogP contribution in [0, 0.1) is 0 Å². The Bertz CT molecular complexity index is 470. The van der Waals surface area contributed by atoms with Gasteiger partial charge in [-0.3, -0.25) is 4.90 Å². The number of pyridine rings is 1. The van der Waals surface area contributed by atoms with Crippen LogP contribution in [-0.4, -0.2) is 16.4 Å². The Hall–Kier alpha value is -1.43. The van der Waals surface area contributed by atoms with Crippen molar-refractivity contribution in [3.05, 3.63) is 46.3 Å². The first-order chi connectivity index (χ1) is 8.81. The zero-order chi connectivity index (χ0) is 12.8. The molecule has 2 aromatic heterocycles. The second-order valence-electron chi connectivity index (χ2n) is 4.04. The minimum Gasteiger partial charge on any atom is -0.308 e. The van der Waals surface area contributed by atoms with Crippen LogP contribution >= 0.6 is 11.3 Å². The van der Waals surface area contributed by atoms with Gasteiger partial charge in [0.05, 0.1) is 5.69 Å². The number of aromatic nitrogens is 1. The Morgan fingerprint density at radius 1 is 1.28 bits per heavy atom. The maximum Gasteiger partial charge on any atom is 0.140 e. The van der Waals surface area contributed by atoms with Gasteiger partial charge in [-0.05, 0) is 30.1 Å². The van der Waals surface area contributed by atoms with Crippen molar-refractivity contribution in [2.45, 2.75) is 20.0 Å². The number of hydrogen-bond donors (Lipinski definition) is 2. The molecule has 0 atom stereocenters. The third-order valence-corrected chi connectivity index (χ3v) is 3.61. The van der Waals surface area contributed by atoms with Crippen LogP contribution in [0.1, 0.15) is 17.5 Å². The molecule has 3 N–H and O–H groups in total. The number of hydrazine groups is 1. The second-order valence-corrected chi connectivity index (χ2v) is 5.07. The lowest BCUT2D eigenvalue weighted by molar-refractivity contribution is 0.270. The monoisotopic (exact) mass is 262 g/mol. The molecule has 0 aliphatic carbocycles. The molecule has 0 unspecified atom stereocenters. The minimum atomic E-state index is 0.708. The summed E-state index contributed by atoms with van der Waals surface area (Å²) in [5.74, 6) is 6.08. The smallest absolute Gasteiger partial charge is 0.140 e. The van der Waals surface area contributed by atoms with Gasteiger partial charge in [0.25, 0.3) is 0 Å². The number of rotatable bonds is 6. The number of thiophene rings is 1. The fourth-order valence-corrected chi connectivity index (χ4v) is 2.53. The molecule has 4 nitrogen and oxygen atoms in total. The maximum absolute atomic E-state index is 5.37. The third kappa shape index (κ3) is 3.53. The predicted octanol–water partition coefficient (Wildman–Crippen LogP) is 2.45. The van der Waals surface area contributed by atoms with E-state index in [-0.39, 0.29) is 0 Å². The molecule has 0 saturated heterocycles. The number of nitrogens with two attached hydrogens (primary N) is 1. The Morgan fingerprint density at radius 2 is 2.17 bits per heavy atom. The maximum atomic E-state index is 5.37. The summed E-state index contributed by atoms with van der Waals surface area (Å²) < 4.78 is 0. The molecule has 0 bridgehead atoms. The molecule has 5 heteroatoms. The minimum absolute atomic E-state index is 0.708. The van der Waals surface area contributed by atoms with E-state index < -0.39 is 0 Å². The number of hydrogen-bond acceptors (Lipinski definition) is 5. The van der Waals surface area contributed by atoms with Crippen molar-refractivity contribution in [1.82, 2.24) is 9.88 Å². The molecular formula is C13H18N4S. The second kappa shape index (κ2) is 6.49. The first kappa shape index (κ1) is 13.0. The molecule has 2 heterocycles. The van der Waals surface area contributed by atoms with Crippen LogP contribution in [0.15, 0.2) is 35.7 Å². The van der Waals surface area contributed by atoms with Crippen molar-refractivity contribution in [2.75, 3.05) is 12.0 Å². The fourth-order valence-electron chi connectivity index (χ4n) is 1.78. The number of nitrogens with zero attached hydrogens (tertiary/aromatic N) is 2. The molecule has 0 aliphatic rings. The molecule has 2 rings (SSSR count). The van der Waals surface area contributed by atoms with Crippen LogP contribution in [0.2, 0.25) is 0 Å². The van der Waals surface area contributed by atoms with E-state index >= 15 is 0 Å². The van der Waals surface area contributed by atoms with Crippen LogP contribution < -0.4 is 11.3 Å². The van der Waals surface area contributed by atoms with E-state index in [1.54, 1.807) is 11.3 Å².